The zero-order valence-corrected chi connectivity index (χ0v) is 22.9. The molecule has 1 atom stereocenters. The van der Waals surface area contributed by atoms with Gasteiger partial charge in [0.1, 0.15) is 0 Å². The second-order valence-corrected chi connectivity index (χ2v) is 12.6. The lowest BCUT2D eigenvalue weighted by molar-refractivity contribution is -0.115. The normalized spacial score (nSPS) is 13.0. The summed E-state index contributed by atoms with van der Waals surface area (Å²) < 4.78 is 29.4. The summed E-state index contributed by atoms with van der Waals surface area (Å²) in [6.45, 7) is 12.3. The van der Waals surface area contributed by atoms with Crippen molar-refractivity contribution in [2.45, 2.75) is 56.8 Å². The number of anilines is 1. The number of benzene rings is 2. The average Bonchev–Trinajstić information content (AvgIpc) is 3.20. The predicted molar refractivity (Wildman–Crippen MR) is 145 cm³/mol. The number of aromatic nitrogens is 3. The fourth-order valence-corrected chi connectivity index (χ4v) is 6.10. The second kappa shape index (κ2) is 10.2. The number of hydrogen-bond acceptors (Lipinski definition) is 6. The highest BCUT2D eigenvalue weighted by molar-refractivity contribution is 8.00. The molecule has 2 N–H and O–H groups in total. The van der Waals surface area contributed by atoms with Crippen molar-refractivity contribution in [3.63, 3.8) is 0 Å². The Bertz CT molecular complexity index is 1540. The molecular formula is C26H31N5O3S2. The summed E-state index contributed by atoms with van der Waals surface area (Å²) in [5, 5.41) is 12.9. The summed E-state index contributed by atoms with van der Waals surface area (Å²) in [5.41, 5.74) is 5.74. The molecule has 1 unspecified atom stereocenters. The van der Waals surface area contributed by atoms with Gasteiger partial charge in [0, 0.05) is 17.6 Å². The predicted octanol–water partition coefficient (Wildman–Crippen LogP) is 4.86. The lowest BCUT2D eigenvalue weighted by Crippen LogP contribution is -2.27. The fourth-order valence-electron chi connectivity index (χ4n) is 4.02. The molecule has 0 spiro atoms. The topological polar surface area (TPSA) is 105 Å². The maximum Gasteiger partial charge on any atom is 0.240 e. The molecule has 2 aromatic heterocycles. The maximum atomic E-state index is 12.9. The van der Waals surface area contributed by atoms with Crippen molar-refractivity contribution < 1.29 is 13.2 Å². The molecule has 0 saturated heterocycles. The van der Waals surface area contributed by atoms with E-state index in [0.29, 0.717) is 17.4 Å². The summed E-state index contributed by atoms with van der Waals surface area (Å²) in [5.74, 6) is -0.0101. The van der Waals surface area contributed by atoms with Gasteiger partial charge in [0.25, 0.3) is 0 Å². The lowest BCUT2D eigenvalue weighted by Gasteiger charge is -2.14. The first-order valence-corrected chi connectivity index (χ1v) is 14.2. The summed E-state index contributed by atoms with van der Waals surface area (Å²) in [7, 11) is -3.58. The fraction of sp³-hybridized carbons (Fsp3) is 0.346. The molecule has 2 heterocycles. The minimum absolute atomic E-state index is 0.159. The molecule has 190 valence electrons. The first kappa shape index (κ1) is 26.1. The standard InChI is InChI=1S/C26H31N5O3S2/c1-15(2)14-27-36(33,34)21-9-7-20(8-10-21)28-25(32)19(6)35-26-30-29-23-13-17(4)22-12-16(3)11-18(5)24(22)31(23)26/h7-13,15,19,27H,14H2,1-6H3,(H,28,32). The van der Waals surface area contributed by atoms with Crippen molar-refractivity contribution in [2.24, 2.45) is 5.92 Å². The molecular weight excluding hydrogens is 494 g/mol. The monoisotopic (exact) mass is 525 g/mol. The smallest absolute Gasteiger partial charge is 0.240 e. The number of fused-ring (bicyclic) bond motifs is 3. The average molecular weight is 526 g/mol. The molecule has 4 rings (SSSR count). The Labute approximate surface area is 215 Å². The number of sulfonamides is 1. The maximum absolute atomic E-state index is 12.9. The number of thioether (sulfide) groups is 1. The minimum Gasteiger partial charge on any atom is -0.325 e. The minimum atomic E-state index is -3.58. The quantitative estimate of drug-likeness (QED) is 0.318. The third-order valence-corrected chi connectivity index (χ3v) is 8.34. The Balaban J connectivity index is 1.52. The van der Waals surface area contributed by atoms with E-state index < -0.39 is 15.3 Å². The summed E-state index contributed by atoms with van der Waals surface area (Å²) >= 11 is 1.33. The number of carbonyl (C=O) groups is 1. The van der Waals surface area contributed by atoms with Crippen LogP contribution < -0.4 is 10.0 Å². The van der Waals surface area contributed by atoms with Crippen molar-refractivity contribution in [3.05, 3.63) is 59.2 Å². The summed E-state index contributed by atoms with van der Waals surface area (Å²) in [4.78, 5) is 13.1. The van der Waals surface area contributed by atoms with E-state index >= 15 is 0 Å². The molecule has 0 bridgehead atoms. The highest BCUT2D eigenvalue weighted by Gasteiger charge is 2.21. The highest BCUT2D eigenvalue weighted by atomic mass is 32.2. The number of nitrogens with one attached hydrogen (secondary N) is 2. The molecule has 10 heteroatoms. The molecule has 1 amide bonds. The third-order valence-electron chi connectivity index (χ3n) is 5.86. The van der Waals surface area contributed by atoms with Gasteiger partial charge in [-0.05, 0) is 81.1 Å². The zero-order valence-electron chi connectivity index (χ0n) is 21.3. The van der Waals surface area contributed by atoms with Crippen LogP contribution in [0.25, 0.3) is 16.6 Å². The van der Waals surface area contributed by atoms with Gasteiger partial charge in [0.15, 0.2) is 10.8 Å². The van der Waals surface area contributed by atoms with Gasteiger partial charge in [-0.1, -0.05) is 37.2 Å². The van der Waals surface area contributed by atoms with Crippen molar-refractivity contribution in [3.8, 4) is 0 Å². The number of aryl methyl sites for hydroxylation is 3. The van der Waals surface area contributed by atoms with Gasteiger partial charge in [-0.3, -0.25) is 9.20 Å². The van der Waals surface area contributed by atoms with Crippen LogP contribution in [0, 0.1) is 26.7 Å². The van der Waals surface area contributed by atoms with E-state index in [9.17, 15) is 13.2 Å². The van der Waals surface area contributed by atoms with Crippen molar-refractivity contribution in [1.82, 2.24) is 19.3 Å². The molecule has 0 aliphatic carbocycles. The van der Waals surface area contributed by atoms with Crippen molar-refractivity contribution in [2.75, 3.05) is 11.9 Å². The van der Waals surface area contributed by atoms with Gasteiger partial charge < -0.3 is 5.32 Å². The van der Waals surface area contributed by atoms with Crippen LogP contribution in [-0.4, -0.2) is 40.7 Å². The van der Waals surface area contributed by atoms with Crippen LogP contribution in [0.15, 0.2) is 52.5 Å². The molecule has 36 heavy (non-hydrogen) atoms. The van der Waals surface area contributed by atoms with Gasteiger partial charge in [0.05, 0.1) is 15.7 Å². The molecule has 0 radical (unpaired) electrons. The molecule has 4 aromatic rings. The first-order chi connectivity index (χ1) is 17.0. The Morgan fingerprint density at radius 2 is 1.69 bits per heavy atom. The van der Waals surface area contributed by atoms with Gasteiger partial charge in [-0.25, -0.2) is 13.1 Å². The van der Waals surface area contributed by atoms with Crippen LogP contribution in [-0.2, 0) is 14.8 Å². The van der Waals surface area contributed by atoms with E-state index in [1.807, 2.05) is 31.2 Å². The molecule has 0 saturated carbocycles. The second-order valence-electron chi connectivity index (χ2n) is 9.50. The van der Waals surface area contributed by atoms with Crippen LogP contribution in [0.1, 0.15) is 37.5 Å². The SMILES string of the molecule is Cc1cc(C)c2c(c1)c(C)cc1nnc(SC(C)C(=O)Nc3ccc(S(=O)(=O)NCC(C)C)cc3)n12. The number of hydrogen-bond donors (Lipinski definition) is 2. The Morgan fingerprint density at radius 1 is 1.00 bits per heavy atom. The van der Waals surface area contributed by atoms with E-state index in [2.05, 4.69) is 53.1 Å². The number of pyridine rings is 1. The van der Waals surface area contributed by atoms with Crippen LogP contribution >= 0.6 is 11.8 Å². The molecule has 0 fully saturated rings. The zero-order chi connectivity index (χ0) is 26.2. The lowest BCUT2D eigenvalue weighted by atomic mass is 10.0. The number of amides is 1. The first-order valence-electron chi connectivity index (χ1n) is 11.8. The number of carbonyl (C=O) groups excluding carboxylic acids is 1. The van der Waals surface area contributed by atoms with E-state index in [0.717, 1.165) is 27.7 Å². The van der Waals surface area contributed by atoms with Crippen LogP contribution in [0.5, 0.6) is 0 Å². The van der Waals surface area contributed by atoms with Gasteiger partial charge in [-0.15, -0.1) is 10.2 Å². The van der Waals surface area contributed by atoms with Crippen LogP contribution in [0.3, 0.4) is 0 Å². The summed E-state index contributed by atoms with van der Waals surface area (Å²) in [6.07, 6.45) is 0. The molecule has 8 nitrogen and oxygen atoms in total. The molecule has 2 aromatic carbocycles. The summed E-state index contributed by atoms with van der Waals surface area (Å²) in [6, 6.07) is 12.5. The molecule has 0 aliphatic rings. The van der Waals surface area contributed by atoms with Gasteiger partial charge in [-0.2, -0.15) is 0 Å². The van der Waals surface area contributed by atoms with Gasteiger partial charge in [0.2, 0.25) is 15.9 Å². The van der Waals surface area contributed by atoms with E-state index in [1.54, 1.807) is 12.1 Å². The van der Waals surface area contributed by atoms with Crippen LogP contribution in [0.2, 0.25) is 0 Å². The van der Waals surface area contributed by atoms with Crippen molar-refractivity contribution >= 4 is 49.9 Å². The van der Waals surface area contributed by atoms with E-state index in [1.165, 1.54) is 29.5 Å². The van der Waals surface area contributed by atoms with Crippen LogP contribution in [0.4, 0.5) is 5.69 Å². The third kappa shape index (κ3) is 5.40. The highest BCUT2D eigenvalue weighted by Crippen LogP contribution is 2.31. The van der Waals surface area contributed by atoms with Gasteiger partial charge >= 0.3 is 0 Å². The van der Waals surface area contributed by atoms with E-state index in [4.69, 9.17) is 0 Å². The van der Waals surface area contributed by atoms with E-state index in [-0.39, 0.29) is 16.7 Å². The Hall–Kier alpha value is -2.95. The van der Waals surface area contributed by atoms with Crippen molar-refractivity contribution in [1.29, 1.82) is 0 Å². The number of nitrogens with zero attached hydrogens (tertiary/aromatic N) is 3. The largest absolute Gasteiger partial charge is 0.325 e. The number of rotatable bonds is 8. The Kier molecular flexibility index (Phi) is 7.40. The Morgan fingerprint density at radius 3 is 2.36 bits per heavy atom. The molecule has 0 aliphatic heterocycles.